The fraction of sp³-hybridized carbons (Fsp3) is 0.545. The van der Waals surface area contributed by atoms with Gasteiger partial charge in [-0.2, -0.15) is 0 Å². The van der Waals surface area contributed by atoms with Crippen LogP contribution in [0.2, 0.25) is 0 Å². The second-order valence-electron chi connectivity index (χ2n) is 7.61. The first-order valence-corrected chi connectivity index (χ1v) is 11.0. The van der Waals surface area contributed by atoms with Gasteiger partial charge in [0.15, 0.2) is 0 Å². The number of ether oxygens (including phenoxy) is 1. The van der Waals surface area contributed by atoms with Crippen LogP contribution < -0.4 is 5.73 Å². The highest BCUT2D eigenvalue weighted by Crippen LogP contribution is 2.41. The Hall–Kier alpha value is -1.92. The number of carbonyl (C=O) groups is 1. The number of esters is 1. The molecule has 1 aromatic carbocycles. The highest BCUT2D eigenvalue weighted by molar-refractivity contribution is 7.15. The van der Waals surface area contributed by atoms with Gasteiger partial charge in [-0.1, -0.05) is 25.5 Å². The molecule has 5 nitrogen and oxygen atoms in total. The second kappa shape index (κ2) is 10.0. The Balaban J connectivity index is 1.60. The summed E-state index contributed by atoms with van der Waals surface area (Å²) in [7, 11) is 0. The molecule has 1 unspecified atom stereocenters. The zero-order valence-corrected chi connectivity index (χ0v) is 17.3. The van der Waals surface area contributed by atoms with E-state index >= 15 is 0 Å². The third-order valence-corrected chi connectivity index (χ3v) is 6.80. The fourth-order valence-corrected chi connectivity index (χ4v) is 5.00. The summed E-state index contributed by atoms with van der Waals surface area (Å²) in [5.74, 6) is 0.332. The molecule has 0 bridgehead atoms. The number of hydrogen-bond donors (Lipinski definition) is 2. The Morgan fingerprint density at radius 3 is 2.82 bits per heavy atom. The lowest BCUT2D eigenvalue weighted by Gasteiger charge is -2.31. The van der Waals surface area contributed by atoms with E-state index < -0.39 is 0 Å². The van der Waals surface area contributed by atoms with E-state index in [2.05, 4.69) is 11.9 Å². The third-order valence-electron chi connectivity index (χ3n) is 5.63. The van der Waals surface area contributed by atoms with Crippen molar-refractivity contribution in [2.75, 3.05) is 18.9 Å². The minimum atomic E-state index is -0.0503. The molecule has 6 heteroatoms. The second-order valence-corrected chi connectivity index (χ2v) is 8.67. The quantitative estimate of drug-likeness (QED) is 0.382. The molecule has 1 aliphatic rings. The van der Waals surface area contributed by atoms with Gasteiger partial charge in [-0.05, 0) is 55.7 Å². The molecule has 3 rings (SSSR count). The number of thiazole rings is 1. The van der Waals surface area contributed by atoms with Gasteiger partial charge in [-0.25, -0.2) is 4.98 Å². The molecule has 152 valence electrons. The zero-order chi connectivity index (χ0) is 19.9. The number of anilines is 1. The molecule has 3 N–H and O–H groups in total. The van der Waals surface area contributed by atoms with Crippen LogP contribution >= 0.6 is 11.3 Å². The Kier molecular flexibility index (Phi) is 7.45. The minimum absolute atomic E-state index is 0.00611. The van der Waals surface area contributed by atoms with Gasteiger partial charge in [0.05, 0.1) is 29.0 Å². The maximum atomic E-state index is 12.2. The summed E-state index contributed by atoms with van der Waals surface area (Å²) in [6.45, 7) is 2.70. The molecule has 1 aromatic heterocycles. The molecule has 1 heterocycles. The van der Waals surface area contributed by atoms with Crippen molar-refractivity contribution in [2.24, 2.45) is 11.8 Å². The molecule has 1 saturated carbocycles. The molecule has 2 aromatic rings. The molecular weight excluding hydrogens is 372 g/mol. The van der Waals surface area contributed by atoms with Gasteiger partial charge in [0.2, 0.25) is 0 Å². The van der Waals surface area contributed by atoms with E-state index in [0.717, 1.165) is 59.7 Å². The largest absolute Gasteiger partial charge is 0.465 e. The average molecular weight is 403 g/mol. The van der Waals surface area contributed by atoms with Crippen molar-refractivity contribution in [3.8, 4) is 10.4 Å². The van der Waals surface area contributed by atoms with Gasteiger partial charge in [-0.3, -0.25) is 4.79 Å². The van der Waals surface area contributed by atoms with Crippen molar-refractivity contribution < 1.29 is 14.6 Å². The lowest BCUT2D eigenvalue weighted by atomic mass is 9.76. The van der Waals surface area contributed by atoms with Crippen LogP contribution in [0.3, 0.4) is 0 Å². The summed E-state index contributed by atoms with van der Waals surface area (Å²) >= 11 is 1.62. The van der Waals surface area contributed by atoms with Crippen LogP contribution in [0.25, 0.3) is 10.4 Å². The topological polar surface area (TPSA) is 85.4 Å². The predicted molar refractivity (Wildman–Crippen MR) is 113 cm³/mol. The molecular formula is C22H30N2O3S. The van der Waals surface area contributed by atoms with Crippen molar-refractivity contribution in [3.05, 3.63) is 35.5 Å². The maximum Gasteiger partial charge on any atom is 0.308 e. The number of aliphatic hydroxyl groups excluding tert-OH is 1. The van der Waals surface area contributed by atoms with E-state index in [1.54, 1.807) is 11.3 Å². The van der Waals surface area contributed by atoms with Crippen LogP contribution in [-0.4, -0.2) is 29.3 Å². The Labute approximate surface area is 170 Å². The van der Waals surface area contributed by atoms with Crippen molar-refractivity contribution >= 4 is 23.0 Å². The van der Waals surface area contributed by atoms with E-state index in [4.69, 9.17) is 10.5 Å². The number of benzene rings is 1. The average Bonchev–Trinajstić information content (AvgIpc) is 3.19. The van der Waals surface area contributed by atoms with Crippen LogP contribution in [0.1, 0.15) is 56.4 Å². The molecule has 1 atom stereocenters. The molecule has 28 heavy (non-hydrogen) atoms. The van der Waals surface area contributed by atoms with Crippen LogP contribution in [0.4, 0.5) is 5.69 Å². The Bertz CT molecular complexity index is 769. The number of nitrogen functional groups attached to an aromatic ring is 1. The molecule has 0 saturated heterocycles. The van der Waals surface area contributed by atoms with E-state index in [1.165, 1.54) is 0 Å². The predicted octanol–water partition coefficient (Wildman–Crippen LogP) is 4.62. The van der Waals surface area contributed by atoms with E-state index in [1.807, 2.05) is 30.5 Å². The normalized spacial score (nSPS) is 20.6. The third kappa shape index (κ3) is 5.11. The lowest BCUT2D eigenvalue weighted by molar-refractivity contribution is -0.150. The number of unbranched alkanes of at least 4 members (excludes halogenated alkanes) is 1. The van der Waals surface area contributed by atoms with E-state index in [9.17, 15) is 9.90 Å². The summed E-state index contributed by atoms with van der Waals surface area (Å²) in [5, 5.41) is 11.0. The van der Waals surface area contributed by atoms with E-state index in [0.29, 0.717) is 12.5 Å². The van der Waals surface area contributed by atoms with Crippen molar-refractivity contribution in [1.82, 2.24) is 4.98 Å². The van der Waals surface area contributed by atoms with Crippen molar-refractivity contribution in [3.63, 3.8) is 0 Å². The number of aliphatic hydroxyl groups is 1. The van der Waals surface area contributed by atoms with Crippen LogP contribution in [0, 0.1) is 11.8 Å². The smallest absolute Gasteiger partial charge is 0.308 e. The van der Waals surface area contributed by atoms with Crippen LogP contribution in [0.15, 0.2) is 30.5 Å². The van der Waals surface area contributed by atoms with Crippen molar-refractivity contribution in [2.45, 2.75) is 51.4 Å². The Morgan fingerprint density at radius 1 is 1.36 bits per heavy atom. The summed E-state index contributed by atoms with van der Waals surface area (Å²) in [6, 6.07) is 7.78. The van der Waals surface area contributed by atoms with Gasteiger partial charge in [-0.15, -0.1) is 11.3 Å². The summed E-state index contributed by atoms with van der Waals surface area (Å²) in [6.07, 6.45) is 7.34. The first kappa shape index (κ1) is 20.8. The first-order valence-electron chi connectivity index (χ1n) is 10.2. The van der Waals surface area contributed by atoms with Gasteiger partial charge in [0.1, 0.15) is 0 Å². The number of nitrogens with two attached hydrogens (primary N) is 1. The number of hydrogen-bond acceptors (Lipinski definition) is 6. The zero-order valence-electron chi connectivity index (χ0n) is 16.5. The monoisotopic (exact) mass is 402 g/mol. The molecule has 0 spiro atoms. The summed E-state index contributed by atoms with van der Waals surface area (Å²) in [5.41, 5.74) is 7.67. The maximum absolute atomic E-state index is 12.2. The van der Waals surface area contributed by atoms with Gasteiger partial charge < -0.3 is 15.6 Å². The number of aromatic nitrogens is 1. The lowest BCUT2D eigenvalue weighted by Crippen LogP contribution is -2.27. The van der Waals surface area contributed by atoms with E-state index in [-0.39, 0.29) is 24.4 Å². The van der Waals surface area contributed by atoms with Gasteiger partial charge >= 0.3 is 5.97 Å². The molecule has 0 aliphatic heterocycles. The number of carbonyl (C=O) groups excluding carboxylic acids is 1. The van der Waals surface area contributed by atoms with Crippen molar-refractivity contribution in [1.29, 1.82) is 0 Å². The summed E-state index contributed by atoms with van der Waals surface area (Å²) < 4.78 is 5.38. The Morgan fingerprint density at radius 2 is 2.14 bits per heavy atom. The van der Waals surface area contributed by atoms with Crippen LogP contribution in [0.5, 0.6) is 0 Å². The summed E-state index contributed by atoms with van der Waals surface area (Å²) in [4.78, 5) is 17.8. The van der Waals surface area contributed by atoms with Gasteiger partial charge in [0.25, 0.3) is 0 Å². The fourth-order valence-electron chi connectivity index (χ4n) is 3.91. The minimum Gasteiger partial charge on any atom is -0.465 e. The number of rotatable bonds is 8. The van der Waals surface area contributed by atoms with Gasteiger partial charge in [0, 0.05) is 17.8 Å². The highest BCUT2D eigenvalue weighted by Gasteiger charge is 2.33. The SMILES string of the molecule is CCCCOC(=O)C1CCC(C(CO)c2ncc(-c3cccc(N)c3)s2)CC1. The number of nitrogens with zero attached hydrogens (tertiary/aromatic N) is 1. The molecule has 1 aliphatic carbocycles. The first-order chi connectivity index (χ1) is 13.6. The highest BCUT2D eigenvalue weighted by atomic mass is 32.1. The standard InChI is InChI=1S/C22H30N2O3S/c1-2-3-11-27-22(26)16-9-7-15(8-10-16)19(14-25)21-24-13-20(28-21)17-5-4-6-18(23)12-17/h4-6,12-13,15-16,19,25H,2-3,7-11,14,23H2,1H3. The molecule has 1 fully saturated rings. The molecule has 0 radical (unpaired) electrons. The van der Waals surface area contributed by atoms with Crippen LogP contribution in [-0.2, 0) is 9.53 Å². The molecule has 0 amide bonds.